The quantitative estimate of drug-likeness (QED) is 0.644. The van der Waals surface area contributed by atoms with Gasteiger partial charge in [0.1, 0.15) is 0 Å². The summed E-state index contributed by atoms with van der Waals surface area (Å²) in [6.45, 7) is 0.396. The summed E-state index contributed by atoms with van der Waals surface area (Å²) in [5.41, 5.74) is 5.96. The van der Waals surface area contributed by atoms with Gasteiger partial charge in [0.15, 0.2) is 0 Å². The van der Waals surface area contributed by atoms with E-state index in [2.05, 4.69) is 17.1 Å². The highest BCUT2D eigenvalue weighted by atomic mass is 32.2. The zero-order valence-electron chi connectivity index (χ0n) is 19.8. The lowest BCUT2D eigenvalue weighted by Crippen LogP contribution is -2.51. The van der Waals surface area contributed by atoms with Crippen molar-refractivity contribution in [2.75, 3.05) is 19.8 Å². The first kappa shape index (κ1) is 23.3. The van der Waals surface area contributed by atoms with E-state index in [1.807, 2.05) is 30.3 Å². The highest BCUT2D eigenvalue weighted by Crippen LogP contribution is 2.35. The molecule has 3 aliphatic rings. The Balaban J connectivity index is 1.27. The Bertz CT molecular complexity index is 1220. The van der Waals surface area contributed by atoms with Crippen LogP contribution in [0.15, 0.2) is 47.7 Å². The van der Waals surface area contributed by atoms with E-state index in [9.17, 15) is 13.4 Å². The molecule has 5 rings (SSSR count). The Labute approximate surface area is 202 Å². The van der Waals surface area contributed by atoms with Crippen LogP contribution in [0.2, 0.25) is 0 Å². The highest BCUT2D eigenvalue weighted by molar-refractivity contribution is 7.89. The summed E-state index contributed by atoms with van der Waals surface area (Å²) in [4.78, 5) is 6.17. The van der Waals surface area contributed by atoms with Crippen molar-refractivity contribution in [3.63, 3.8) is 0 Å². The number of fused-ring (bicyclic) bond motifs is 3. The lowest BCUT2D eigenvalue weighted by Gasteiger charge is -2.35. The molecule has 178 valence electrons. The fourth-order valence-electron chi connectivity index (χ4n) is 5.42. The molecular formula is C25H31BN4O3S. The van der Waals surface area contributed by atoms with Gasteiger partial charge in [0.05, 0.1) is 17.2 Å². The molecule has 1 saturated carbocycles. The van der Waals surface area contributed by atoms with Gasteiger partial charge < -0.3 is 9.94 Å². The minimum absolute atomic E-state index is 0.148. The third-order valence-corrected chi connectivity index (χ3v) is 9.35. The minimum atomic E-state index is -3.33. The van der Waals surface area contributed by atoms with Crippen molar-refractivity contribution in [1.82, 2.24) is 14.2 Å². The van der Waals surface area contributed by atoms with E-state index in [-0.39, 0.29) is 17.6 Å². The van der Waals surface area contributed by atoms with E-state index in [0.717, 1.165) is 65.7 Å². The van der Waals surface area contributed by atoms with E-state index < -0.39 is 17.1 Å². The van der Waals surface area contributed by atoms with Crippen LogP contribution in [-0.2, 0) is 23.0 Å². The maximum Gasteiger partial charge on any atom is 0.468 e. The molecule has 0 radical (unpaired) electrons. The molecule has 0 bridgehead atoms. The molecule has 1 N–H and O–H groups in total. The summed E-state index contributed by atoms with van der Waals surface area (Å²) in [7, 11) is -0.667. The third kappa shape index (κ3) is 4.44. The average Bonchev–Trinajstić information content (AvgIpc) is 3.31. The summed E-state index contributed by atoms with van der Waals surface area (Å²) in [5, 5.41) is 15.5. The second-order valence-corrected chi connectivity index (χ2v) is 11.8. The van der Waals surface area contributed by atoms with E-state index in [4.69, 9.17) is 5.10 Å². The number of hydrogen-bond acceptors (Lipinski definition) is 6. The Morgan fingerprint density at radius 3 is 2.65 bits per heavy atom. The zero-order valence-corrected chi connectivity index (χ0v) is 20.6. The number of hydrazone groups is 1. The first-order valence-corrected chi connectivity index (χ1v) is 13.6. The van der Waals surface area contributed by atoms with E-state index >= 15 is 0 Å². The average molecular weight is 478 g/mol. The summed E-state index contributed by atoms with van der Waals surface area (Å²) in [5.74, 6) is 0.581. The number of benzene rings is 1. The largest absolute Gasteiger partial charge is 0.468 e. The van der Waals surface area contributed by atoms with Gasteiger partial charge in [0.25, 0.3) is 0 Å². The van der Waals surface area contributed by atoms with Crippen molar-refractivity contribution < 1.29 is 13.4 Å². The van der Waals surface area contributed by atoms with Gasteiger partial charge >= 0.3 is 7.05 Å². The van der Waals surface area contributed by atoms with Crippen LogP contribution >= 0.6 is 0 Å². The van der Waals surface area contributed by atoms with Gasteiger partial charge in [-0.3, -0.25) is 4.98 Å². The Hall–Kier alpha value is -2.49. The molecule has 0 atom stereocenters. The molecule has 2 aliphatic carbocycles. The molecule has 0 unspecified atom stereocenters. The van der Waals surface area contributed by atoms with Gasteiger partial charge in [-0.1, -0.05) is 42.5 Å². The Morgan fingerprint density at radius 1 is 1.18 bits per heavy atom. The van der Waals surface area contributed by atoms with Crippen LogP contribution in [0.3, 0.4) is 0 Å². The second kappa shape index (κ2) is 9.28. The number of aromatic nitrogens is 1. The predicted octanol–water partition coefficient (Wildman–Crippen LogP) is 2.26. The number of rotatable bonds is 6. The second-order valence-electron chi connectivity index (χ2n) is 9.73. The first-order valence-electron chi connectivity index (χ1n) is 12.0. The standard InChI is InChI=1S/C25H31BN4O3S/c1-29(16-18-7-4-3-5-8-18)34(32,33)17-19-11-13-20(14-12-19)25-24-21-9-6-10-23(21)27-15-22(24)26(31)30(2)28-25/h3-9,15,19-20,31H,10-14,16-17H2,1-2H3. The molecule has 2 heterocycles. The first-order chi connectivity index (χ1) is 16.3. The molecule has 9 heteroatoms. The monoisotopic (exact) mass is 478 g/mol. The molecule has 34 heavy (non-hydrogen) atoms. The third-order valence-electron chi connectivity index (χ3n) is 7.38. The smallest absolute Gasteiger partial charge is 0.428 e. The minimum Gasteiger partial charge on any atom is -0.428 e. The van der Waals surface area contributed by atoms with Crippen LogP contribution in [0.4, 0.5) is 0 Å². The Morgan fingerprint density at radius 2 is 1.91 bits per heavy atom. The molecule has 0 saturated heterocycles. The Kier molecular flexibility index (Phi) is 6.35. The number of allylic oxidation sites excluding steroid dienone is 1. The summed E-state index contributed by atoms with van der Waals surface area (Å²) >= 11 is 0. The molecule has 1 aromatic carbocycles. The molecule has 1 aromatic heterocycles. The van der Waals surface area contributed by atoms with Crippen molar-refractivity contribution in [3.05, 3.63) is 65.0 Å². The summed E-state index contributed by atoms with van der Waals surface area (Å²) < 4.78 is 27.5. The van der Waals surface area contributed by atoms with Gasteiger partial charge in [-0.25, -0.2) is 12.7 Å². The molecule has 1 fully saturated rings. The van der Waals surface area contributed by atoms with Crippen LogP contribution in [0, 0.1) is 11.8 Å². The lowest BCUT2D eigenvalue weighted by atomic mass is 9.66. The number of pyridine rings is 1. The van der Waals surface area contributed by atoms with Gasteiger partial charge in [0.2, 0.25) is 10.0 Å². The molecule has 7 nitrogen and oxygen atoms in total. The van der Waals surface area contributed by atoms with Gasteiger partial charge in [-0.15, -0.1) is 0 Å². The van der Waals surface area contributed by atoms with Crippen LogP contribution in [0.25, 0.3) is 6.08 Å². The maximum absolute atomic E-state index is 13.0. The normalized spacial score (nSPS) is 22.1. The van der Waals surface area contributed by atoms with Gasteiger partial charge in [0, 0.05) is 55.8 Å². The van der Waals surface area contributed by atoms with Crippen LogP contribution in [-0.4, -0.2) is 60.3 Å². The fraction of sp³-hybridized carbons (Fsp3) is 0.440. The predicted molar refractivity (Wildman–Crippen MR) is 136 cm³/mol. The van der Waals surface area contributed by atoms with E-state index in [0.29, 0.717) is 6.54 Å². The molecule has 0 amide bonds. The van der Waals surface area contributed by atoms with E-state index in [1.54, 1.807) is 25.2 Å². The van der Waals surface area contributed by atoms with Crippen molar-refractivity contribution in [2.24, 2.45) is 16.9 Å². The van der Waals surface area contributed by atoms with E-state index in [1.165, 1.54) is 4.31 Å². The summed E-state index contributed by atoms with van der Waals surface area (Å²) in [6.07, 6.45) is 10.3. The SMILES string of the molecule is CN1N=C(C2CCC(CS(=O)(=O)N(C)Cc3ccccc3)CC2)c2c(cnc3c2C=CC3)B1O. The molecule has 0 spiro atoms. The fourth-order valence-corrected chi connectivity index (χ4v) is 6.95. The topological polar surface area (TPSA) is 86.1 Å². The lowest BCUT2D eigenvalue weighted by molar-refractivity contribution is 0.335. The number of hydrogen-bond donors (Lipinski definition) is 1. The van der Waals surface area contributed by atoms with Crippen molar-refractivity contribution in [3.8, 4) is 0 Å². The van der Waals surface area contributed by atoms with Crippen molar-refractivity contribution in [1.29, 1.82) is 0 Å². The maximum atomic E-state index is 13.0. The molecular weight excluding hydrogens is 447 g/mol. The van der Waals surface area contributed by atoms with Gasteiger partial charge in [-0.2, -0.15) is 5.10 Å². The van der Waals surface area contributed by atoms with Crippen LogP contribution in [0.1, 0.15) is 48.1 Å². The summed E-state index contributed by atoms with van der Waals surface area (Å²) in [6, 6.07) is 9.71. The highest BCUT2D eigenvalue weighted by Gasteiger charge is 2.38. The molecule has 2 aromatic rings. The van der Waals surface area contributed by atoms with Gasteiger partial charge in [-0.05, 0) is 37.2 Å². The van der Waals surface area contributed by atoms with Crippen LogP contribution in [0.5, 0.6) is 0 Å². The zero-order chi connectivity index (χ0) is 23.9. The van der Waals surface area contributed by atoms with Crippen molar-refractivity contribution in [2.45, 2.75) is 38.6 Å². The molecule has 1 aliphatic heterocycles. The van der Waals surface area contributed by atoms with Crippen molar-refractivity contribution >= 4 is 34.3 Å². The van der Waals surface area contributed by atoms with Crippen LogP contribution < -0.4 is 5.46 Å². The number of sulfonamides is 1. The number of nitrogens with zero attached hydrogens (tertiary/aromatic N) is 4.